The normalized spacial score (nSPS) is 12.2. The first-order chi connectivity index (χ1) is 9.60. The summed E-state index contributed by atoms with van der Waals surface area (Å²) in [6.07, 6.45) is 1.60. The molecule has 0 saturated carbocycles. The minimum Gasteiger partial charge on any atom is -0.348 e. The van der Waals surface area contributed by atoms with Crippen molar-refractivity contribution in [3.63, 3.8) is 0 Å². The van der Waals surface area contributed by atoms with Crippen LogP contribution in [0.15, 0.2) is 30.5 Å². The van der Waals surface area contributed by atoms with E-state index in [0.717, 1.165) is 0 Å². The van der Waals surface area contributed by atoms with Gasteiger partial charge < -0.3 is 11.1 Å². The Bertz CT molecular complexity index is 598. The van der Waals surface area contributed by atoms with Crippen molar-refractivity contribution < 1.29 is 9.18 Å². The Balaban J connectivity index is 1.96. The first-order valence-corrected chi connectivity index (χ1v) is 6.23. The fraction of sp³-hybridized carbons (Fsp3) is 0.308. The first kappa shape index (κ1) is 14.1. The summed E-state index contributed by atoms with van der Waals surface area (Å²) >= 11 is 0. The standard InChI is InChI=1S/C13H16FN5O/c1-9(11-4-2-3-5-12(11)14)16-13(20)8-19-7-10(6-15)17-18-19/h2-5,7,9H,6,8,15H2,1H3,(H,16,20). The molecule has 1 aromatic carbocycles. The monoisotopic (exact) mass is 277 g/mol. The summed E-state index contributed by atoms with van der Waals surface area (Å²) in [6.45, 7) is 2.02. The largest absolute Gasteiger partial charge is 0.348 e. The molecule has 0 saturated heterocycles. The van der Waals surface area contributed by atoms with Gasteiger partial charge >= 0.3 is 0 Å². The van der Waals surface area contributed by atoms with Crippen LogP contribution in [-0.4, -0.2) is 20.9 Å². The molecule has 6 nitrogen and oxygen atoms in total. The van der Waals surface area contributed by atoms with E-state index in [1.165, 1.54) is 10.7 Å². The Kier molecular flexibility index (Phi) is 4.41. The Morgan fingerprint density at radius 1 is 1.50 bits per heavy atom. The SMILES string of the molecule is CC(NC(=O)Cn1cc(CN)nn1)c1ccccc1F. The number of amides is 1. The molecule has 20 heavy (non-hydrogen) atoms. The van der Waals surface area contributed by atoms with Crippen molar-refractivity contribution in [2.75, 3.05) is 0 Å². The van der Waals surface area contributed by atoms with E-state index in [0.29, 0.717) is 11.3 Å². The second kappa shape index (κ2) is 6.25. The second-order valence-corrected chi connectivity index (χ2v) is 4.42. The molecule has 0 spiro atoms. The van der Waals surface area contributed by atoms with Crippen LogP contribution in [0, 0.1) is 5.82 Å². The number of nitrogens with two attached hydrogens (primary N) is 1. The maximum Gasteiger partial charge on any atom is 0.242 e. The molecule has 0 bridgehead atoms. The van der Waals surface area contributed by atoms with Gasteiger partial charge in [-0.25, -0.2) is 9.07 Å². The van der Waals surface area contributed by atoms with Gasteiger partial charge in [-0.3, -0.25) is 4.79 Å². The van der Waals surface area contributed by atoms with Crippen molar-refractivity contribution in [2.24, 2.45) is 5.73 Å². The number of rotatable bonds is 5. The zero-order chi connectivity index (χ0) is 14.5. The van der Waals surface area contributed by atoms with Crippen LogP contribution in [0.25, 0.3) is 0 Å². The van der Waals surface area contributed by atoms with Crippen LogP contribution in [0.1, 0.15) is 24.2 Å². The molecule has 106 valence electrons. The number of nitrogens with one attached hydrogen (secondary N) is 1. The number of hydrogen-bond donors (Lipinski definition) is 2. The highest BCUT2D eigenvalue weighted by Crippen LogP contribution is 2.15. The molecular formula is C13H16FN5O. The molecule has 1 heterocycles. The predicted molar refractivity (Wildman–Crippen MR) is 70.9 cm³/mol. The Hall–Kier alpha value is -2.28. The summed E-state index contributed by atoms with van der Waals surface area (Å²) in [5.74, 6) is -0.610. The number of halogens is 1. The van der Waals surface area contributed by atoms with Gasteiger partial charge in [0.2, 0.25) is 5.91 Å². The molecule has 1 aromatic heterocycles. The van der Waals surface area contributed by atoms with E-state index in [1.807, 2.05) is 0 Å². The lowest BCUT2D eigenvalue weighted by Crippen LogP contribution is -2.30. The number of benzene rings is 1. The van der Waals surface area contributed by atoms with E-state index in [-0.39, 0.29) is 24.8 Å². The van der Waals surface area contributed by atoms with Crippen LogP contribution in [0.2, 0.25) is 0 Å². The summed E-state index contributed by atoms with van der Waals surface area (Å²) in [7, 11) is 0. The van der Waals surface area contributed by atoms with Crippen molar-refractivity contribution in [1.82, 2.24) is 20.3 Å². The van der Waals surface area contributed by atoms with E-state index >= 15 is 0 Å². The lowest BCUT2D eigenvalue weighted by Gasteiger charge is -2.14. The van der Waals surface area contributed by atoms with E-state index < -0.39 is 6.04 Å². The van der Waals surface area contributed by atoms with Gasteiger partial charge in [0, 0.05) is 12.1 Å². The highest BCUT2D eigenvalue weighted by atomic mass is 19.1. The number of aromatic nitrogens is 3. The van der Waals surface area contributed by atoms with Crippen LogP contribution >= 0.6 is 0 Å². The second-order valence-electron chi connectivity index (χ2n) is 4.42. The molecule has 1 amide bonds. The van der Waals surface area contributed by atoms with Gasteiger partial charge in [-0.2, -0.15) is 0 Å². The zero-order valence-corrected chi connectivity index (χ0v) is 11.1. The van der Waals surface area contributed by atoms with Crippen LogP contribution in [0.3, 0.4) is 0 Å². The smallest absolute Gasteiger partial charge is 0.242 e. The number of carbonyl (C=O) groups is 1. The van der Waals surface area contributed by atoms with Crippen molar-refractivity contribution in [2.45, 2.75) is 26.1 Å². The van der Waals surface area contributed by atoms with Gasteiger partial charge in [-0.15, -0.1) is 5.10 Å². The average Bonchev–Trinajstić information content (AvgIpc) is 2.86. The van der Waals surface area contributed by atoms with Gasteiger partial charge in [0.1, 0.15) is 12.4 Å². The predicted octanol–water partition coefficient (Wildman–Crippen LogP) is 0.753. The molecule has 2 aromatic rings. The van der Waals surface area contributed by atoms with Crippen LogP contribution in [0.4, 0.5) is 4.39 Å². The lowest BCUT2D eigenvalue weighted by atomic mass is 10.1. The maximum atomic E-state index is 13.6. The third kappa shape index (κ3) is 3.39. The third-order valence-electron chi connectivity index (χ3n) is 2.85. The van der Waals surface area contributed by atoms with E-state index in [4.69, 9.17) is 5.73 Å². The first-order valence-electron chi connectivity index (χ1n) is 6.23. The van der Waals surface area contributed by atoms with E-state index in [1.54, 1.807) is 31.3 Å². The zero-order valence-electron chi connectivity index (χ0n) is 11.1. The molecule has 0 radical (unpaired) electrons. The maximum absolute atomic E-state index is 13.6. The summed E-state index contributed by atoms with van der Waals surface area (Å²) in [5, 5.41) is 10.3. The lowest BCUT2D eigenvalue weighted by molar-refractivity contribution is -0.122. The third-order valence-corrected chi connectivity index (χ3v) is 2.85. The highest BCUT2D eigenvalue weighted by Gasteiger charge is 2.13. The average molecular weight is 277 g/mol. The molecule has 2 rings (SSSR count). The summed E-state index contributed by atoms with van der Waals surface area (Å²) in [6, 6.07) is 5.93. The quantitative estimate of drug-likeness (QED) is 0.844. The number of nitrogens with zero attached hydrogens (tertiary/aromatic N) is 3. The van der Waals surface area contributed by atoms with Crippen LogP contribution < -0.4 is 11.1 Å². The molecule has 0 aliphatic rings. The molecule has 1 atom stereocenters. The van der Waals surface area contributed by atoms with Crippen molar-refractivity contribution in [3.8, 4) is 0 Å². The van der Waals surface area contributed by atoms with Gasteiger partial charge in [-0.05, 0) is 13.0 Å². The van der Waals surface area contributed by atoms with Crippen molar-refractivity contribution in [1.29, 1.82) is 0 Å². The van der Waals surface area contributed by atoms with Gasteiger partial charge in [0.25, 0.3) is 0 Å². The van der Waals surface area contributed by atoms with Gasteiger partial charge in [0.05, 0.1) is 17.9 Å². The minimum absolute atomic E-state index is 0.0196. The summed E-state index contributed by atoms with van der Waals surface area (Å²) < 4.78 is 15.0. The minimum atomic E-state index is -0.416. The highest BCUT2D eigenvalue weighted by molar-refractivity contribution is 5.76. The fourth-order valence-electron chi connectivity index (χ4n) is 1.85. The van der Waals surface area contributed by atoms with E-state index in [2.05, 4.69) is 15.6 Å². The Labute approximate surface area is 115 Å². The molecule has 3 N–H and O–H groups in total. The number of hydrogen-bond acceptors (Lipinski definition) is 4. The van der Waals surface area contributed by atoms with Crippen molar-refractivity contribution >= 4 is 5.91 Å². The Morgan fingerprint density at radius 3 is 2.90 bits per heavy atom. The Morgan fingerprint density at radius 2 is 2.25 bits per heavy atom. The van der Waals surface area contributed by atoms with Crippen molar-refractivity contribution in [3.05, 3.63) is 47.5 Å². The molecule has 0 aliphatic heterocycles. The van der Waals surface area contributed by atoms with Gasteiger partial charge in [0.15, 0.2) is 0 Å². The number of carbonyl (C=O) groups excluding carboxylic acids is 1. The molecule has 7 heteroatoms. The molecule has 1 unspecified atom stereocenters. The molecule has 0 fully saturated rings. The van der Waals surface area contributed by atoms with Gasteiger partial charge in [-0.1, -0.05) is 23.4 Å². The topological polar surface area (TPSA) is 85.8 Å². The van der Waals surface area contributed by atoms with Crippen LogP contribution in [0.5, 0.6) is 0 Å². The molecule has 0 aliphatic carbocycles. The van der Waals surface area contributed by atoms with Crippen LogP contribution in [-0.2, 0) is 17.9 Å². The molecular weight excluding hydrogens is 261 g/mol. The van der Waals surface area contributed by atoms with E-state index in [9.17, 15) is 9.18 Å². The summed E-state index contributed by atoms with van der Waals surface area (Å²) in [4.78, 5) is 11.9. The fourth-order valence-corrected chi connectivity index (χ4v) is 1.85. The summed E-state index contributed by atoms with van der Waals surface area (Å²) in [5.41, 5.74) is 6.47.